The van der Waals surface area contributed by atoms with Gasteiger partial charge in [-0.3, -0.25) is 10.1 Å². The van der Waals surface area contributed by atoms with Gasteiger partial charge in [0.05, 0.1) is 17.3 Å². The summed E-state index contributed by atoms with van der Waals surface area (Å²) in [6, 6.07) is 4.87. The summed E-state index contributed by atoms with van der Waals surface area (Å²) in [5.74, 6) is 5.56. The van der Waals surface area contributed by atoms with Crippen molar-refractivity contribution in [3.05, 3.63) is 45.6 Å². The minimum atomic E-state index is -0.325. The first-order valence-electron chi connectivity index (χ1n) is 6.25. The molecule has 0 atom stereocenters. The number of anilines is 1. The lowest BCUT2D eigenvalue weighted by atomic mass is 10.1. The standard InChI is InChI=1S/C15H14ClN3O2/c1-9-10(2)19-21-15(9)18-14(20)12-6-5-11(4-3-7-17)13(16)8-12/h5-6,8H,7,17H2,1-2H3,(H,18,20). The van der Waals surface area contributed by atoms with Crippen LogP contribution >= 0.6 is 11.6 Å². The van der Waals surface area contributed by atoms with Gasteiger partial charge in [-0.2, -0.15) is 0 Å². The van der Waals surface area contributed by atoms with Gasteiger partial charge in [0.1, 0.15) is 0 Å². The van der Waals surface area contributed by atoms with E-state index >= 15 is 0 Å². The van der Waals surface area contributed by atoms with Gasteiger partial charge in [0.15, 0.2) is 0 Å². The summed E-state index contributed by atoms with van der Waals surface area (Å²) in [7, 11) is 0. The van der Waals surface area contributed by atoms with Crippen molar-refractivity contribution in [2.45, 2.75) is 13.8 Å². The normalized spacial score (nSPS) is 9.90. The highest BCUT2D eigenvalue weighted by Crippen LogP contribution is 2.20. The highest BCUT2D eigenvalue weighted by molar-refractivity contribution is 6.32. The Morgan fingerprint density at radius 2 is 2.24 bits per heavy atom. The number of rotatable bonds is 2. The quantitative estimate of drug-likeness (QED) is 0.835. The second-order valence-corrected chi connectivity index (χ2v) is 4.78. The molecule has 0 aliphatic heterocycles. The topological polar surface area (TPSA) is 81.2 Å². The molecule has 5 nitrogen and oxygen atoms in total. The molecule has 1 heterocycles. The fourth-order valence-corrected chi connectivity index (χ4v) is 1.84. The number of amides is 1. The number of nitrogens with one attached hydrogen (secondary N) is 1. The van der Waals surface area contributed by atoms with Crippen molar-refractivity contribution < 1.29 is 9.32 Å². The van der Waals surface area contributed by atoms with Gasteiger partial charge >= 0.3 is 0 Å². The van der Waals surface area contributed by atoms with Crippen LogP contribution in [0.1, 0.15) is 27.2 Å². The maximum absolute atomic E-state index is 12.1. The maximum atomic E-state index is 12.1. The third-order valence-electron chi connectivity index (χ3n) is 2.94. The minimum Gasteiger partial charge on any atom is -0.338 e. The predicted molar refractivity (Wildman–Crippen MR) is 81.3 cm³/mol. The molecule has 0 saturated carbocycles. The Kier molecular flexibility index (Phi) is 4.63. The molecular weight excluding hydrogens is 290 g/mol. The van der Waals surface area contributed by atoms with Gasteiger partial charge in [-0.15, -0.1) is 0 Å². The molecule has 2 rings (SSSR count). The number of nitrogens with zero attached hydrogens (tertiary/aromatic N) is 1. The van der Waals surface area contributed by atoms with E-state index in [1.165, 1.54) is 0 Å². The number of aryl methyl sites for hydroxylation is 1. The molecule has 0 aliphatic rings. The first kappa shape index (κ1) is 15.1. The van der Waals surface area contributed by atoms with Crippen LogP contribution in [0.15, 0.2) is 22.7 Å². The summed E-state index contributed by atoms with van der Waals surface area (Å²) in [6.45, 7) is 3.87. The minimum absolute atomic E-state index is 0.253. The maximum Gasteiger partial charge on any atom is 0.258 e. The second-order valence-electron chi connectivity index (χ2n) is 4.38. The molecule has 0 fully saturated rings. The van der Waals surface area contributed by atoms with Crippen molar-refractivity contribution in [3.63, 3.8) is 0 Å². The Morgan fingerprint density at radius 3 is 2.81 bits per heavy atom. The van der Waals surface area contributed by atoms with Crippen molar-refractivity contribution in [2.24, 2.45) is 5.73 Å². The summed E-state index contributed by atoms with van der Waals surface area (Å²) >= 11 is 6.09. The van der Waals surface area contributed by atoms with Gasteiger partial charge in [0.2, 0.25) is 5.88 Å². The molecule has 0 aliphatic carbocycles. The van der Waals surface area contributed by atoms with Crippen LogP contribution in [-0.4, -0.2) is 17.6 Å². The lowest BCUT2D eigenvalue weighted by Crippen LogP contribution is -2.12. The molecule has 0 radical (unpaired) electrons. The molecule has 108 valence electrons. The average Bonchev–Trinajstić information content (AvgIpc) is 2.78. The van der Waals surface area contributed by atoms with E-state index in [4.69, 9.17) is 21.9 Å². The number of nitrogens with two attached hydrogens (primary N) is 1. The van der Waals surface area contributed by atoms with Gasteiger partial charge < -0.3 is 10.3 Å². The molecular formula is C15H14ClN3O2. The molecule has 2 aromatic rings. The van der Waals surface area contributed by atoms with Gasteiger partial charge in [-0.1, -0.05) is 28.6 Å². The fourth-order valence-electron chi connectivity index (χ4n) is 1.61. The number of benzene rings is 1. The molecule has 1 aromatic carbocycles. The molecule has 0 saturated heterocycles. The summed E-state index contributed by atoms with van der Waals surface area (Å²) in [5, 5.41) is 6.83. The van der Waals surface area contributed by atoms with Crippen molar-refractivity contribution in [1.29, 1.82) is 0 Å². The molecule has 21 heavy (non-hydrogen) atoms. The fraction of sp³-hybridized carbons (Fsp3) is 0.200. The van der Waals surface area contributed by atoms with E-state index in [1.807, 2.05) is 6.92 Å². The van der Waals surface area contributed by atoms with Gasteiger partial charge in [-0.05, 0) is 32.0 Å². The molecule has 1 aromatic heterocycles. The van der Waals surface area contributed by atoms with Crippen LogP contribution in [-0.2, 0) is 0 Å². The molecule has 0 bridgehead atoms. The first-order valence-corrected chi connectivity index (χ1v) is 6.63. The van der Waals surface area contributed by atoms with Gasteiger partial charge in [0, 0.05) is 16.7 Å². The van der Waals surface area contributed by atoms with Crippen LogP contribution in [0.3, 0.4) is 0 Å². The van der Waals surface area contributed by atoms with Crippen LogP contribution in [0.4, 0.5) is 5.88 Å². The van der Waals surface area contributed by atoms with E-state index < -0.39 is 0 Å². The van der Waals surface area contributed by atoms with E-state index in [2.05, 4.69) is 22.3 Å². The van der Waals surface area contributed by atoms with E-state index in [0.717, 1.165) is 11.3 Å². The predicted octanol–water partition coefficient (Wildman–Crippen LogP) is 2.51. The van der Waals surface area contributed by atoms with E-state index in [-0.39, 0.29) is 12.5 Å². The SMILES string of the molecule is Cc1noc(NC(=O)c2ccc(C#CCN)c(Cl)c2)c1C. The lowest BCUT2D eigenvalue weighted by Gasteiger charge is -2.04. The largest absolute Gasteiger partial charge is 0.338 e. The van der Waals surface area contributed by atoms with Crippen LogP contribution in [0.25, 0.3) is 0 Å². The molecule has 0 spiro atoms. The Hall–Kier alpha value is -2.29. The summed E-state index contributed by atoms with van der Waals surface area (Å²) < 4.78 is 5.04. The number of aromatic nitrogens is 1. The summed E-state index contributed by atoms with van der Waals surface area (Å²) in [6.07, 6.45) is 0. The van der Waals surface area contributed by atoms with Gasteiger partial charge in [0.25, 0.3) is 5.91 Å². The number of halogens is 1. The van der Waals surface area contributed by atoms with Crippen molar-refractivity contribution in [3.8, 4) is 11.8 Å². The Labute approximate surface area is 127 Å². The first-order chi connectivity index (χ1) is 10.0. The van der Waals surface area contributed by atoms with Gasteiger partial charge in [-0.25, -0.2) is 0 Å². The second kappa shape index (κ2) is 6.44. The lowest BCUT2D eigenvalue weighted by molar-refractivity contribution is 0.102. The van der Waals surface area contributed by atoms with E-state index in [9.17, 15) is 4.79 Å². The van der Waals surface area contributed by atoms with Crippen LogP contribution in [0.5, 0.6) is 0 Å². The van der Waals surface area contributed by atoms with Crippen LogP contribution < -0.4 is 11.1 Å². The van der Waals surface area contributed by atoms with Crippen molar-refractivity contribution >= 4 is 23.4 Å². The van der Waals surface area contributed by atoms with Crippen LogP contribution in [0.2, 0.25) is 5.02 Å². The van der Waals surface area contributed by atoms with Crippen molar-refractivity contribution in [1.82, 2.24) is 5.16 Å². The third kappa shape index (κ3) is 3.43. The third-order valence-corrected chi connectivity index (χ3v) is 3.25. The molecule has 1 amide bonds. The zero-order valence-electron chi connectivity index (χ0n) is 11.7. The zero-order chi connectivity index (χ0) is 15.4. The Morgan fingerprint density at radius 1 is 1.48 bits per heavy atom. The van der Waals surface area contributed by atoms with E-state index in [1.54, 1.807) is 25.1 Å². The molecule has 6 heteroatoms. The zero-order valence-corrected chi connectivity index (χ0v) is 12.4. The summed E-state index contributed by atoms with van der Waals surface area (Å²) in [4.78, 5) is 12.1. The molecule has 0 unspecified atom stereocenters. The molecule has 3 N–H and O–H groups in total. The number of carbonyl (C=O) groups excluding carboxylic acids is 1. The number of carbonyl (C=O) groups is 1. The summed E-state index contributed by atoms with van der Waals surface area (Å²) in [5.41, 5.74) is 7.87. The highest BCUT2D eigenvalue weighted by atomic mass is 35.5. The smallest absolute Gasteiger partial charge is 0.258 e. The van der Waals surface area contributed by atoms with E-state index in [0.29, 0.717) is 22.0 Å². The number of hydrogen-bond acceptors (Lipinski definition) is 4. The average molecular weight is 304 g/mol. The Balaban J connectivity index is 2.20. The van der Waals surface area contributed by atoms with Crippen LogP contribution in [0, 0.1) is 25.7 Å². The van der Waals surface area contributed by atoms with Crippen molar-refractivity contribution in [2.75, 3.05) is 11.9 Å². The highest BCUT2D eigenvalue weighted by Gasteiger charge is 2.14. The monoisotopic (exact) mass is 303 g/mol. The number of hydrogen-bond donors (Lipinski definition) is 2. The Bertz CT molecular complexity index is 741.